The summed E-state index contributed by atoms with van der Waals surface area (Å²) in [6.45, 7) is 3.61. The molecule has 0 aliphatic heterocycles. The minimum Gasteiger partial charge on any atom is -0.258 e. The van der Waals surface area contributed by atoms with Crippen molar-refractivity contribution in [1.29, 1.82) is 0 Å². The molecule has 0 spiro atoms. The minimum atomic E-state index is -0.379. The van der Waals surface area contributed by atoms with Crippen LogP contribution in [0.15, 0.2) is 0 Å². The van der Waals surface area contributed by atoms with Gasteiger partial charge in [-0.25, -0.2) is 9.36 Å². The van der Waals surface area contributed by atoms with Gasteiger partial charge in [-0.2, -0.15) is 10.2 Å². The van der Waals surface area contributed by atoms with E-state index in [0.717, 1.165) is 30.7 Å². The quantitative estimate of drug-likeness (QED) is 0.607. The molecule has 0 bridgehead atoms. The van der Waals surface area contributed by atoms with Gasteiger partial charge >= 0.3 is 5.69 Å². The number of nitro groups is 1. The molecule has 7 heteroatoms. The molecule has 0 saturated heterocycles. The molecule has 19 heavy (non-hydrogen) atoms. The van der Waals surface area contributed by atoms with Crippen molar-refractivity contribution in [1.82, 2.24) is 19.6 Å². The van der Waals surface area contributed by atoms with Gasteiger partial charge in [0.1, 0.15) is 5.69 Å². The molecule has 0 unspecified atom stereocenters. The average Bonchev–Trinajstić information content (AvgIpc) is 2.95. The molecule has 0 aromatic carbocycles. The summed E-state index contributed by atoms with van der Waals surface area (Å²) >= 11 is 0. The number of fused-ring (bicyclic) bond motifs is 1. The maximum Gasteiger partial charge on any atom is 0.336 e. The molecule has 0 saturated carbocycles. The highest BCUT2D eigenvalue weighted by atomic mass is 16.6. The molecule has 0 amide bonds. The van der Waals surface area contributed by atoms with Crippen LogP contribution in [0.1, 0.15) is 29.1 Å². The summed E-state index contributed by atoms with van der Waals surface area (Å²) in [7, 11) is 1.72. The summed E-state index contributed by atoms with van der Waals surface area (Å²) in [6.07, 6.45) is 3.00. The second-order valence-electron chi connectivity index (χ2n) is 4.91. The zero-order chi connectivity index (χ0) is 13.7. The smallest absolute Gasteiger partial charge is 0.258 e. The fourth-order valence-electron chi connectivity index (χ4n) is 2.88. The second-order valence-corrected chi connectivity index (χ2v) is 4.91. The highest BCUT2D eigenvalue weighted by Crippen LogP contribution is 2.32. The maximum absolute atomic E-state index is 11.2. The predicted octanol–water partition coefficient (Wildman–Crippen LogP) is 1.62. The largest absolute Gasteiger partial charge is 0.336 e. The first kappa shape index (κ1) is 11.9. The number of nitrogens with zero attached hydrogens (tertiary/aromatic N) is 5. The molecule has 2 aromatic heterocycles. The molecule has 100 valence electrons. The lowest BCUT2D eigenvalue weighted by Gasteiger charge is -2.05. The number of hydrogen-bond acceptors (Lipinski definition) is 4. The van der Waals surface area contributed by atoms with E-state index in [1.54, 1.807) is 23.3 Å². The van der Waals surface area contributed by atoms with E-state index >= 15 is 0 Å². The van der Waals surface area contributed by atoms with E-state index in [1.807, 2.05) is 6.92 Å². The highest BCUT2D eigenvalue weighted by molar-refractivity contribution is 5.52. The number of aromatic nitrogens is 4. The lowest BCUT2D eigenvalue weighted by Crippen LogP contribution is -2.09. The van der Waals surface area contributed by atoms with Crippen LogP contribution in [-0.2, 0) is 19.9 Å². The van der Waals surface area contributed by atoms with Gasteiger partial charge in [-0.05, 0) is 38.7 Å². The molecule has 7 nitrogen and oxygen atoms in total. The minimum absolute atomic E-state index is 0.0414. The molecule has 2 heterocycles. The molecular formula is C12H15N5O2. The van der Waals surface area contributed by atoms with Crippen molar-refractivity contribution in [2.45, 2.75) is 33.1 Å². The third-order valence-corrected chi connectivity index (χ3v) is 3.68. The molecule has 0 N–H and O–H groups in total. The van der Waals surface area contributed by atoms with E-state index in [1.165, 1.54) is 5.56 Å². The van der Waals surface area contributed by atoms with Crippen molar-refractivity contribution in [3.63, 3.8) is 0 Å². The molecule has 0 fully saturated rings. The molecule has 1 aliphatic rings. The maximum atomic E-state index is 11.2. The van der Waals surface area contributed by atoms with E-state index in [-0.39, 0.29) is 10.6 Å². The van der Waals surface area contributed by atoms with Crippen LogP contribution in [0.4, 0.5) is 5.69 Å². The van der Waals surface area contributed by atoms with Crippen LogP contribution in [0, 0.1) is 24.0 Å². The summed E-state index contributed by atoms with van der Waals surface area (Å²) in [5, 5.41) is 19.9. The van der Waals surface area contributed by atoms with Crippen molar-refractivity contribution >= 4 is 5.69 Å². The Morgan fingerprint density at radius 3 is 2.63 bits per heavy atom. The Kier molecular flexibility index (Phi) is 2.44. The lowest BCUT2D eigenvalue weighted by molar-refractivity contribution is -0.385. The molecule has 1 aliphatic carbocycles. The molecule has 0 radical (unpaired) electrons. The monoisotopic (exact) mass is 261 g/mol. The van der Waals surface area contributed by atoms with Gasteiger partial charge in [0, 0.05) is 12.7 Å². The predicted molar refractivity (Wildman–Crippen MR) is 68.5 cm³/mol. The summed E-state index contributed by atoms with van der Waals surface area (Å²) in [5.74, 6) is 0.453. The third kappa shape index (κ3) is 1.57. The van der Waals surface area contributed by atoms with Crippen LogP contribution in [0.3, 0.4) is 0 Å². The lowest BCUT2D eigenvalue weighted by atomic mass is 10.2. The van der Waals surface area contributed by atoms with Crippen molar-refractivity contribution in [2.75, 3.05) is 0 Å². The Hall–Kier alpha value is -2.18. The zero-order valence-electron chi connectivity index (χ0n) is 11.2. The number of rotatable bonds is 2. The number of hydrogen-bond donors (Lipinski definition) is 0. The Labute approximate surface area is 110 Å². The first-order valence-electron chi connectivity index (χ1n) is 6.26. The Morgan fingerprint density at radius 1 is 1.21 bits per heavy atom. The van der Waals surface area contributed by atoms with E-state index < -0.39 is 0 Å². The van der Waals surface area contributed by atoms with Gasteiger partial charge < -0.3 is 0 Å². The van der Waals surface area contributed by atoms with Crippen molar-refractivity contribution in [3.05, 3.63) is 32.8 Å². The standard InChI is InChI=1S/C12H15N5O2/c1-7-9-5-4-6-10(9)16(14-7)12-11(17(18)19)8(2)13-15(12)3/h4-6H2,1-3H3. The SMILES string of the molecule is Cc1nn(-c2c([N+](=O)[O-])c(C)nn2C)c2c1CCC2. The Bertz CT molecular complexity index is 683. The highest BCUT2D eigenvalue weighted by Gasteiger charge is 2.30. The van der Waals surface area contributed by atoms with Gasteiger partial charge in [0.25, 0.3) is 0 Å². The van der Waals surface area contributed by atoms with Crippen molar-refractivity contribution < 1.29 is 4.92 Å². The van der Waals surface area contributed by atoms with Gasteiger partial charge in [-0.3, -0.25) is 10.1 Å². The van der Waals surface area contributed by atoms with Crippen LogP contribution in [0.25, 0.3) is 5.82 Å². The van der Waals surface area contributed by atoms with Crippen LogP contribution >= 0.6 is 0 Å². The van der Waals surface area contributed by atoms with Gasteiger partial charge in [0.2, 0.25) is 5.82 Å². The van der Waals surface area contributed by atoms with Crippen molar-refractivity contribution in [3.8, 4) is 5.82 Å². The normalized spacial score (nSPS) is 13.8. The first-order chi connectivity index (χ1) is 9.00. The third-order valence-electron chi connectivity index (χ3n) is 3.68. The summed E-state index contributed by atoms with van der Waals surface area (Å²) in [5.41, 5.74) is 3.74. The average molecular weight is 261 g/mol. The van der Waals surface area contributed by atoms with Crippen LogP contribution in [-0.4, -0.2) is 24.5 Å². The molecule has 2 aromatic rings. The van der Waals surface area contributed by atoms with Crippen LogP contribution in [0.2, 0.25) is 0 Å². The topological polar surface area (TPSA) is 78.8 Å². The fraction of sp³-hybridized carbons (Fsp3) is 0.500. The second kappa shape index (κ2) is 3.91. The van der Waals surface area contributed by atoms with Crippen LogP contribution < -0.4 is 0 Å². The zero-order valence-corrected chi connectivity index (χ0v) is 11.2. The molecular weight excluding hydrogens is 246 g/mol. The van der Waals surface area contributed by atoms with Gasteiger partial charge in [0.05, 0.1) is 10.6 Å². The van der Waals surface area contributed by atoms with E-state index in [4.69, 9.17) is 0 Å². The van der Waals surface area contributed by atoms with Gasteiger partial charge in [-0.15, -0.1) is 0 Å². The van der Waals surface area contributed by atoms with E-state index in [2.05, 4.69) is 10.2 Å². The Balaban J connectivity index is 2.29. The van der Waals surface area contributed by atoms with E-state index in [0.29, 0.717) is 11.5 Å². The van der Waals surface area contributed by atoms with Crippen LogP contribution in [0.5, 0.6) is 0 Å². The molecule has 3 rings (SSSR count). The van der Waals surface area contributed by atoms with Crippen molar-refractivity contribution in [2.24, 2.45) is 7.05 Å². The summed E-state index contributed by atoms with van der Waals surface area (Å²) < 4.78 is 3.24. The Morgan fingerprint density at radius 2 is 1.95 bits per heavy atom. The first-order valence-corrected chi connectivity index (χ1v) is 6.26. The van der Waals surface area contributed by atoms with E-state index in [9.17, 15) is 10.1 Å². The fourth-order valence-corrected chi connectivity index (χ4v) is 2.88. The van der Waals surface area contributed by atoms with Gasteiger partial charge in [-0.1, -0.05) is 0 Å². The molecule has 0 atom stereocenters. The number of aryl methyl sites for hydroxylation is 3. The summed E-state index contributed by atoms with van der Waals surface area (Å²) in [6, 6.07) is 0. The summed E-state index contributed by atoms with van der Waals surface area (Å²) in [4.78, 5) is 10.9. The van der Waals surface area contributed by atoms with Gasteiger partial charge in [0.15, 0.2) is 0 Å².